The zero-order valence-corrected chi connectivity index (χ0v) is 15.6. The van der Waals surface area contributed by atoms with Crippen molar-refractivity contribution in [2.75, 3.05) is 0 Å². The number of fused-ring (bicyclic) bond motifs is 1. The lowest BCUT2D eigenvalue weighted by Crippen LogP contribution is -2.17. The van der Waals surface area contributed by atoms with Crippen molar-refractivity contribution < 1.29 is 14.3 Å². The number of hydrogen-bond acceptors (Lipinski definition) is 6. The van der Waals surface area contributed by atoms with Crippen LogP contribution in [0.3, 0.4) is 0 Å². The standard InChI is InChI=1S/C19H14N2O3S2/c1-9-3-11(4-10(2)16(9)22)14-8-20-7-12-5-13(24-17(12)14)6-15-18(23)21-19(25)26-15/h3-8,22H,1-2H3,(H,21,23,25)/b15-6-. The highest BCUT2D eigenvalue weighted by Gasteiger charge is 2.23. The van der Waals surface area contributed by atoms with E-state index in [2.05, 4.69) is 10.3 Å². The molecule has 26 heavy (non-hydrogen) atoms. The minimum absolute atomic E-state index is 0.219. The number of aryl methyl sites for hydroxylation is 2. The highest BCUT2D eigenvalue weighted by Crippen LogP contribution is 2.35. The second kappa shape index (κ2) is 6.26. The van der Waals surface area contributed by atoms with E-state index >= 15 is 0 Å². The number of carbonyl (C=O) groups is 1. The number of hydrogen-bond donors (Lipinski definition) is 2. The molecule has 1 saturated heterocycles. The molecular weight excluding hydrogens is 368 g/mol. The van der Waals surface area contributed by atoms with Crippen molar-refractivity contribution in [3.05, 3.63) is 52.4 Å². The molecule has 0 bridgehead atoms. The van der Waals surface area contributed by atoms with Crippen LogP contribution in [0.5, 0.6) is 5.75 Å². The highest BCUT2D eigenvalue weighted by atomic mass is 32.2. The SMILES string of the molecule is Cc1cc(-c2cncc3cc(/C=C4\SC(=S)NC4=O)oc23)cc(C)c1O. The van der Waals surface area contributed by atoms with Crippen molar-refractivity contribution in [3.8, 4) is 16.9 Å². The smallest absolute Gasteiger partial charge is 0.263 e. The van der Waals surface area contributed by atoms with Crippen LogP contribution in [0, 0.1) is 13.8 Å². The topological polar surface area (TPSA) is 75.4 Å². The molecule has 0 spiro atoms. The Kier molecular flexibility index (Phi) is 4.05. The first kappa shape index (κ1) is 16.8. The third kappa shape index (κ3) is 2.89. The summed E-state index contributed by atoms with van der Waals surface area (Å²) in [6, 6.07) is 5.64. The van der Waals surface area contributed by atoms with E-state index in [1.165, 1.54) is 11.8 Å². The first-order valence-corrected chi connectivity index (χ1v) is 9.08. The molecule has 1 amide bonds. The zero-order chi connectivity index (χ0) is 18.4. The summed E-state index contributed by atoms with van der Waals surface area (Å²) >= 11 is 6.22. The van der Waals surface area contributed by atoms with Crippen LogP contribution in [0.4, 0.5) is 0 Å². The van der Waals surface area contributed by atoms with Gasteiger partial charge < -0.3 is 14.8 Å². The third-order valence-corrected chi connectivity index (χ3v) is 5.32. The second-order valence-electron chi connectivity index (χ2n) is 6.07. The van der Waals surface area contributed by atoms with Crippen molar-refractivity contribution in [2.45, 2.75) is 13.8 Å². The Bertz CT molecular complexity index is 1090. The molecule has 0 radical (unpaired) electrons. The molecule has 3 heterocycles. The number of nitrogens with one attached hydrogen (secondary N) is 1. The van der Waals surface area contributed by atoms with Crippen LogP contribution in [0.2, 0.25) is 0 Å². The van der Waals surface area contributed by atoms with E-state index < -0.39 is 0 Å². The number of amides is 1. The van der Waals surface area contributed by atoms with Crippen LogP contribution in [-0.4, -0.2) is 20.3 Å². The molecule has 1 aromatic carbocycles. The lowest BCUT2D eigenvalue weighted by Gasteiger charge is -2.08. The van der Waals surface area contributed by atoms with Gasteiger partial charge in [0.1, 0.15) is 21.4 Å². The maximum atomic E-state index is 11.8. The van der Waals surface area contributed by atoms with Gasteiger partial charge in [-0.25, -0.2) is 0 Å². The molecule has 1 aliphatic rings. The van der Waals surface area contributed by atoms with Crippen molar-refractivity contribution in [3.63, 3.8) is 0 Å². The summed E-state index contributed by atoms with van der Waals surface area (Å²) < 4.78 is 6.43. The Morgan fingerprint density at radius 3 is 2.62 bits per heavy atom. The van der Waals surface area contributed by atoms with Gasteiger partial charge in [-0.3, -0.25) is 9.78 Å². The fourth-order valence-electron chi connectivity index (χ4n) is 2.92. The van der Waals surface area contributed by atoms with E-state index in [-0.39, 0.29) is 5.91 Å². The molecule has 4 rings (SSSR count). The normalized spacial score (nSPS) is 15.8. The minimum atomic E-state index is -0.219. The van der Waals surface area contributed by atoms with Gasteiger partial charge in [0.25, 0.3) is 5.91 Å². The number of rotatable bonds is 2. The van der Waals surface area contributed by atoms with Gasteiger partial charge in [-0.15, -0.1) is 0 Å². The molecule has 2 N–H and O–H groups in total. The number of phenolic OH excluding ortho intramolecular Hbond substituents is 1. The highest BCUT2D eigenvalue weighted by molar-refractivity contribution is 8.26. The molecule has 3 aromatic rings. The van der Waals surface area contributed by atoms with E-state index in [1.807, 2.05) is 32.0 Å². The summed E-state index contributed by atoms with van der Waals surface area (Å²) in [5.41, 5.74) is 4.01. The number of aromatic hydroxyl groups is 1. The van der Waals surface area contributed by atoms with Gasteiger partial charge in [0.05, 0.1) is 4.91 Å². The first-order chi connectivity index (χ1) is 12.4. The van der Waals surface area contributed by atoms with Crippen molar-refractivity contribution in [1.82, 2.24) is 10.3 Å². The summed E-state index contributed by atoms with van der Waals surface area (Å²) in [6.07, 6.45) is 5.13. The summed E-state index contributed by atoms with van der Waals surface area (Å²) in [6.45, 7) is 3.71. The average molecular weight is 382 g/mol. The largest absolute Gasteiger partial charge is 0.507 e. The maximum Gasteiger partial charge on any atom is 0.263 e. The number of nitrogens with zero attached hydrogens (tertiary/aromatic N) is 1. The van der Waals surface area contributed by atoms with Crippen LogP contribution in [-0.2, 0) is 4.79 Å². The van der Waals surface area contributed by atoms with Crippen LogP contribution < -0.4 is 5.32 Å². The molecular formula is C19H14N2O3S2. The summed E-state index contributed by atoms with van der Waals surface area (Å²) in [5, 5.41) is 13.4. The molecule has 2 aromatic heterocycles. The fourth-order valence-corrected chi connectivity index (χ4v) is 3.94. The van der Waals surface area contributed by atoms with Crippen molar-refractivity contribution in [1.29, 1.82) is 0 Å². The summed E-state index contributed by atoms with van der Waals surface area (Å²) in [5.74, 6) is 0.631. The number of pyridine rings is 1. The number of phenols is 1. The molecule has 0 unspecified atom stereocenters. The van der Waals surface area contributed by atoms with Gasteiger partial charge in [-0.05, 0) is 48.7 Å². The molecule has 7 heteroatoms. The second-order valence-corrected chi connectivity index (χ2v) is 7.78. The van der Waals surface area contributed by atoms with Gasteiger partial charge in [0.15, 0.2) is 0 Å². The van der Waals surface area contributed by atoms with E-state index in [0.717, 1.165) is 27.6 Å². The lowest BCUT2D eigenvalue weighted by molar-refractivity contribution is -0.115. The van der Waals surface area contributed by atoms with E-state index in [4.69, 9.17) is 16.6 Å². The van der Waals surface area contributed by atoms with E-state index in [1.54, 1.807) is 18.5 Å². The van der Waals surface area contributed by atoms with E-state index in [9.17, 15) is 9.90 Å². The predicted octanol–water partition coefficient (Wildman–Crippen LogP) is 4.31. The minimum Gasteiger partial charge on any atom is -0.507 e. The fraction of sp³-hybridized carbons (Fsp3) is 0.105. The average Bonchev–Trinajstić information content (AvgIpc) is 3.14. The Morgan fingerprint density at radius 1 is 1.23 bits per heavy atom. The number of carbonyl (C=O) groups excluding carboxylic acids is 1. The van der Waals surface area contributed by atoms with Gasteiger partial charge in [-0.1, -0.05) is 24.0 Å². The van der Waals surface area contributed by atoms with Crippen molar-refractivity contribution >= 4 is 51.3 Å². The Morgan fingerprint density at radius 2 is 1.96 bits per heavy atom. The van der Waals surface area contributed by atoms with Crippen molar-refractivity contribution in [2.24, 2.45) is 0 Å². The quantitative estimate of drug-likeness (QED) is 0.508. The molecule has 0 saturated carbocycles. The molecule has 5 nitrogen and oxygen atoms in total. The first-order valence-electron chi connectivity index (χ1n) is 7.85. The lowest BCUT2D eigenvalue weighted by atomic mass is 10.00. The van der Waals surface area contributed by atoms with Gasteiger partial charge in [0, 0.05) is 29.4 Å². The molecule has 0 aliphatic carbocycles. The Labute approximate surface area is 159 Å². The Balaban J connectivity index is 1.83. The number of thiocarbonyl (C=S) groups is 1. The van der Waals surface area contributed by atoms with E-state index in [0.29, 0.717) is 26.3 Å². The summed E-state index contributed by atoms with van der Waals surface area (Å²) in [4.78, 5) is 16.6. The molecule has 1 aliphatic heterocycles. The van der Waals surface area contributed by atoms with Gasteiger partial charge >= 0.3 is 0 Å². The molecule has 1 fully saturated rings. The van der Waals surface area contributed by atoms with Crippen LogP contribution in [0.1, 0.15) is 16.9 Å². The van der Waals surface area contributed by atoms with Crippen LogP contribution >= 0.6 is 24.0 Å². The van der Waals surface area contributed by atoms with Crippen LogP contribution in [0.15, 0.2) is 39.9 Å². The predicted molar refractivity (Wildman–Crippen MR) is 107 cm³/mol. The van der Waals surface area contributed by atoms with Gasteiger partial charge in [-0.2, -0.15) is 0 Å². The monoisotopic (exact) mass is 382 g/mol. The third-order valence-electron chi connectivity index (χ3n) is 4.16. The number of benzene rings is 1. The number of aromatic nitrogens is 1. The van der Waals surface area contributed by atoms with Crippen LogP contribution in [0.25, 0.3) is 28.2 Å². The maximum absolute atomic E-state index is 11.8. The zero-order valence-electron chi connectivity index (χ0n) is 14.0. The number of furan rings is 1. The number of thioether (sulfide) groups is 1. The Hall–Kier alpha value is -2.64. The molecule has 0 atom stereocenters. The molecule has 130 valence electrons. The summed E-state index contributed by atoms with van der Waals surface area (Å²) in [7, 11) is 0. The van der Waals surface area contributed by atoms with Gasteiger partial charge in [0.2, 0.25) is 0 Å².